The number of likely N-dealkylation sites (N-methyl/N-ethyl adjacent to an activating group) is 2. The van der Waals surface area contributed by atoms with Crippen molar-refractivity contribution in [3.05, 3.63) is 46.1 Å². The highest BCUT2D eigenvalue weighted by molar-refractivity contribution is 6.21. The lowest BCUT2D eigenvalue weighted by atomic mass is 9.84. The Labute approximate surface area is 190 Å². The van der Waals surface area contributed by atoms with Gasteiger partial charge in [0.25, 0.3) is 0 Å². The van der Waals surface area contributed by atoms with Crippen molar-refractivity contribution in [3.8, 4) is 11.3 Å². The summed E-state index contributed by atoms with van der Waals surface area (Å²) in [6.45, 7) is 3.43. The summed E-state index contributed by atoms with van der Waals surface area (Å²) >= 11 is 0. The Morgan fingerprint density at radius 3 is 2.21 bits per heavy atom. The molecular weight excluding hydrogens is 426 g/mol. The fraction of sp³-hybridized carbons (Fsp3) is 0.375. The van der Waals surface area contributed by atoms with Gasteiger partial charge in [-0.2, -0.15) is 0 Å². The Hall–Kier alpha value is -3.75. The standard InChI is InChI=1S/C24H25N3O6/c1-12-8-9-14(10-13(12)2)21-19(20-22(31)25(3)24(33)26(4)23(20)32)18-15(6-5-7-16(18)28)27(21)11-17(29)30/h8-10,20H,5-7,11H2,1-4H3,(H,29,30). The van der Waals surface area contributed by atoms with E-state index >= 15 is 0 Å². The van der Waals surface area contributed by atoms with Crippen molar-refractivity contribution in [2.75, 3.05) is 14.1 Å². The number of benzene rings is 1. The fourth-order valence-electron chi connectivity index (χ4n) is 4.75. The van der Waals surface area contributed by atoms with Crippen LogP contribution in [-0.4, -0.2) is 63.2 Å². The summed E-state index contributed by atoms with van der Waals surface area (Å²) in [6.07, 6.45) is 1.24. The van der Waals surface area contributed by atoms with Crippen LogP contribution in [-0.2, 0) is 27.3 Å². The highest BCUT2D eigenvalue weighted by Gasteiger charge is 2.48. The molecule has 1 saturated heterocycles. The minimum atomic E-state index is -1.42. The average molecular weight is 451 g/mol. The second-order valence-electron chi connectivity index (χ2n) is 8.65. The Kier molecular flexibility index (Phi) is 5.43. The predicted molar refractivity (Wildman–Crippen MR) is 118 cm³/mol. The van der Waals surface area contributed by atoms with Crippen molar-refractivity contribution in [1.82, 2.24) is 14.4 Å². The van der Waals surface area contributed by atoms with Crippen molar-refractivity contribution >= 4 is 29.6 Å². The van der Waals surface area contributed by atoms with Crippen molar-refractivity contribution in [3.63, 3.8) is 0 Å². The Morgan fingerprint density at radius 2 is 1.64 bits per heavy atom. The number of aliphatic carboxylic acids is 1. The zero-order valence-corrected chi connectivity index (χ0v) is 19.0. The summed E-state index contributed by atoms with van der Waals surface area (Å²) in [6, 6.07) is 4.78. The van der Waals surface area contributed by atoms with Crippen LogP contribution in [0.5, 0.6) is 0 Å². The zero-order valence-electron chi connectivity index (χ0n) is 19.0. The van der Waals surface area contributed by atoms with Crippen LogP contribution in [0.4, 0.5) is 4.79 Å². The first-order valence-electron chi connectivity index (χ1n) is 10.7. The number of hydrogen-bond donors (Lipinski definition) is 1. The van der Waals surface area contributed by atoms with Gasteiger partial charge in [0, 0.05) is 37.3 Å². The molecule has 1 fully saturated rings. The van der Waals surface area contributed by atoms with Crippen molar-refractivity contribution in [2.24, 2.45) is 0 Å². The second kappa shape index (κ2) is 7.99. The van der Waals surface area contributed by atoms with E-state index in [1.165, 1.54) is 14.1 Å². The van der Waals surface area contributed by atoms with Gasteiger partial charge in [-0.1, -0.05) is 12.1 Å². The number of carboxylic acid groups (broad SMARTS) is 1. The molecule has 9 nitrogen and oxygen atoms in total. The molecule has 0 radical (unpaired) electrons. The molecule has 2 heterocycles. The lowest BCUT2D eigenvalue weighted by Gasteiger charge is -2.33. The van der Waals surface area contributed by atoms with Crippen molar-refractivity contribution < 1.29 is 29.1 Å². The topological polar surface area (TPSA) is 117 Å². The molecule has 0 spiro atoms. The van der Waals surface area contributed by atoms with E-state index < -0.39 is 36.3 Å². The van der Waals surface area contributed by atoms with E-state index in [9.17, 15) is 29.1 Å². The molecule has 1 N–H and O–H groups in total. The number of nitrogens with zero attached hydrogens (tertiary/aromatic N) is 3. The van der Waals surface area contributed by atoms with Gasteiger partial charge >= 0.3 is 12.0 Å². The van der Waals surface area contributed by atoms with E-state index in [1.807, 2.05) is 26.0 Å². The third-order valence-corrected chi connectivity index (χ3v) is 6.60. The first-order chi connectivity index (χ1) is 15.5. The quantitative estimate of drug-likeness (QED) is 0.714. The number of amides is 4. The minimum Gasteiger partial charge on any atom is -0.480 e. The number of aromatic nitrogens is 1. The maximum Gasteiger partial charge on any atom is 0.332 e. The number of Topliss-reactive ketones (excluding diaryl/α,β-unsaturated/α-hetero) is 1. The van der Waals surface area contributed by atoms with Crippen LogP contribution in [0.2, 0.25) is 0 Å². The monoisotopic (exact) mass is 451 g/mol. The van der Waals surface area contributed by atoms with Gasteiger partial charge in [0.2, 0.25) is 11.8 Å². The SMILES string of the molecule is Cc1ccc(-c2c(C3C(=O)N(C)C(=O)N(C)C3=O)c3c(n2CC(=O)O)CCCC3=O)cc1C. The fourth-order valence-corrected chi connectivity index (χ4v) is 4.75. The number of urea groups is 1. The molecule has 2 aromatic rings. The normalized spacial score (nSPS) is 17.1. The lowest BCUT2D eigenvalue weighted by molar-refractivity contribution is -0.143. The van der Waals surface area contributed by atoms with Gasteiger partial charge in [0.15, 0.2) is 5.78 Å². The summed E-state index contributed by atoms with van der Waals surface area (Å²) in [5.74, 6) is -4.22. The highest BCUT2D eigenvalue weighted by atomic mass is 16.4. The number of ketones is 1. The summed E-state index contributed by atoms with van der Waals surface area (Å²) in [4.78, 5) is 65.5. The van der Waals surface area contributed by atoms with Gasteiger partial charge in [0.05, 0.1) is 5.69 Å². The number of carboxylic acids is 1. The first-order valence-corrected chi connectivity index (χ1v) is 10.7. The number of aryl methyl sites for hydroxylation is 2. The molecule has 1 aliphatic heterocycles. The van der Waals surface area contributed by atoms with Gasteiger partial charge in [0.1, 0.15) is 12.5 Å². The maximum atomic E-state index is 13.2. The van der Waals surface area contributed by atoms with Crippen LogP contribution in [0.3, 0.4) is 0 Å². The molecule has 0 atom stereocenters. The summed E-state index contributed by atoms with van der Waals surface area (Å²) in [7, 11) is 2.58. The molecule has 0 unspecified atom stereocenters. The van der Waals surface area contributed by atoms with Crippen LogP contribution < -0.4 is 0 Å². The van der Waals surface area contributed by atoms with Gasteiger partial charge in [-0.25, -0.2) is 4.79 Å². The molecule has 9 heteroatoms. The maximum absolute atomic E-state index is 13.2. The molecular formula is C24H25N3O6. The molecule has 1 aromatic carbocycles. The zero-order chi connectivity index (χ0) is 24.2. The largest absolute Gasteiger partial charge is 0.480 e. The summed E-state index contributed by atoms with van der Waals surface area (Å²) in [5.41, 5.74) is 3.88. The van der Waals surface area contributed by atoms with Crippen LogP contribution in [0.25, 0.3) is 11.3 Å². The number of hydrogen-bond acceptors (Lipinski definition) is 5. The number of fused-ring (bicyclic) bond motifs is 1. The van der Waals surface area contributed by atoms with Crippen molar-refractivity contribution in [1.29, 1.82) is 0 Å². The number of carbonyl (C=O) groups is 5. The van der Waals surface area contributed by atoms with Gasteiger partial charge in [-0.3, -0.25) is 29.0 Å². The van der Waals surface area contributed by atoms with Crippen molar-refractivity contribution in [2.45, 2.75) is 45.6 Å². The van der Waals surface area contributed by atoms with E-state index in [0.717, 1.165) is 20.9 Å². The molecule has 1 aromatic heterocycles. The van der Waals surface area contributed by atoms with Crippen LogP contribution >= 0.6 is 0 Å². The Balaban J connectivity index is 2.10. The van der Waals surface area contributed by atoms with Crippen LogP contribution in [0.1, 0.15) is 51.5 Å². The molecule has 33 heavy (non-hydrogen) atoms. The van der Waals surface area contributed by atoms with E-state index in [1.54, 1.807) is 10.6 Å². The number of barbiturate groups is 1. The van der Waals surface area contributed by atoms with E-state index in [4.69, 9.17) is 0 Å². The molecule has 4 amide bonds. The number of imide groups is 2. The van der Waals surface area contributed by atoms with E-state index in [-0.39, 0.29) is 23.3 Å². The summed E-state index contributed by atoms with van der Waals surface area (Å²) in [5, 5.41) is 9.65. The molecule has 172 valence electrons. The number of rotatable bonds is 4. The molecule has 0 bridgehead atoms. The molecule has 2 aliphatic rings. The Morgan fingerprint density at radius 1 is 1.00 bits per heavy atom. The van der Waals surface area contributed by atoms with Gasteiger partial charge < -0.3 is 9.67 Å². The molecule has 4 rings (SSSR count). The Bertz CT molecular complexity index is 1220. The van der Waals surface area contributed by atoms with Crippen LogP contribution in [0.15, 0.2) is 18.2 Å². The molecule has 1 aliphatic carbocycles. The lowest BCUT2D eigenvalue weighted by Crippen LogP contribution is -2.56. The van der Waals surface area contributed by atoms with Gasteiger partial charge in [-0.15, -0.1) is 0 Å². The van der Waals surface area contributed by atoms with E-state index in [0.29, 0.717) is 29.8 Å². The third-order valence-electron chi connectivity index (χ3n) is 6.60. The number of carbonyl (C=O) groups excluding carboxylic acids is 4. The molecule has 0 saturated carbocycles. The first kappa shape index (κ1) is 22.4. The van der Waals surface area contributed by atoms with Gasteiger partial charge in [-0.05, 0) is 49.4 Å². The predicted octanol–water partition coefficient (Wildman–Crippen LogP) is 2.51. The smallest absolute Gasteiger partial charge is 0.332 e. The van der Waals surface area contributed by atoms with E-state index in [2.05, 4.69) is 0 Å². The summed E-state index contributed by atoms with van der Waals surface area (Å²) < 4.78 is 1.55. The van der Waals surface area contributed by atoms with Crippen LogP contribution in [0, 0.1) is 13.8 Å². The average Bonchev–Trinajstić information content (AvgIpc) is 3.07. The second-order valence-corrected chi connectivity index (χ2v) is 8.65. The minimum absolute atomic E-state index is 0.195. The third kappa shape index (κ3) is 3.44. The highest BCUT2D eigenvalue weighted by Crippen LogP contribution is 2.42.